The van der Waals surface area contributed by atoms with Crippen molar-refractivity contribution >= 4 is 55.0 Å². The first kappa shape index (κ1) is 28.8. The number of benzene rings is 7. The smallest absolute Gasteiger partial charge is 0.211 e. The van der Waals surface area contributed by atoms with Crippen LogP contribution in [0.5, 0.6) is 0 Å². The second kappa shape index (κ2) is 11.4. The molecule has 0 saturated carbocycles. The van der Waals surface area contributed by atoms with Crippen LogP contribution in [0.25, 0.3) is 86.9 Å². The van der Waals surface area contributed by atoms with Crippen molar-refractivity contribution in [1.29, 1.82) is 5.26 Å². The van der Waals surface area contributed by atoms with Crippen LogP contribution in [-0.4, -0.2) is 9.13 Å². The van der Waals surface area contributed by atoms with Crippen LogP contribution < -0.4 is 0 Å². The Hall–Kier alpha value is -7.39. The van der Waals surface area contributed by atoms with Crippen LogP contribution in [-0.2, 0) is 0 Å². The summed E-state index contributed by atoms with van der Waals surface area (Å²) < 4.78 is 4.39. The van der Waals surface area contributed by atoms with Crippen molar-refractivity contribution < 1.29 is 0 Å². The molecule has 0 aliphatic heterocycles. The predicted molar refractivity (Wildman–Crippen MR) is 203 cm³/mol. The first-order valence-electron chi connectivity index (χ1n) is 16.2. The lowest BCUT2D eigenvalue weighted by molar-refractivity contribution is 1.18. The highest BCUT2D eigenvalue weighted by Crippen LogP contribution is 2.42. The minimum atomic E-state index is 0.543. The van der Waals surface area contributed by atoms with Crippen molar-refractivity contribution in [2.24, 2.45) is 0 Å². The van der Waals surface area contributed by atoms with Gasteiger partial charge in [-0.3, -0.25) is 0 Å². The SMILES string of the molecule is [C-]#[N+]c1ccc2c(c1)c1ccccc1n2-c1c([N+]#[C-])cccc1-c1ccc(-c2cc(C#N)cc(-n3c4ccccc4c4ccccc43)c2)cc1. The lowest BCUT2D eigenvalue weighted by atomic mass is 9.97. The van der Waals surface area contributed by atoms with Crippen molar-refractivity contribution in [3.8, 4) is 39.7 Å². The lowest BCUT2D eigenvalue weighted by Crippen LogP contribution is -1.98. The van der Waals surface area contributed by atoms with Gasteiger partial charge in [-0.05, 0) is 76.2 Å². The van der Waals surface area contributed by atoms with Gasteiger partial charge in [0, 0.05) is 21.8 Å². The van der Waals surface area contributed by atoms with Gasteiger partial charge in [0.1, 0.15) is 0 Å². The lowest BCUT2D eigenvalue weighted by Gasteiger charge is -2.17. The minimum Gasteiger partial charge on any atom is -0.318 e. The van der Waals surface area contributed by atoms with Crippen LogP contribution in [0.2, 0.25) is 0 Å². The molecule has 0 atom stereocenters. The normalized spacial score (nSPS) is 11.1. The number of nitrogens with zero attached hydrogens (tertiary/aromatic N) is 5. The van der Waals surface area contributed by atoms with E-state index in [4.69, 9.17) is 13.1 Å². The first-order chi connectivity index (χ1) is 24.7. The van der Waals surface area contributed by atoms with E-state index in [9.17, 15) is 5.26 Å². The Morgan fingerprint density at radius 1 is 0.480 bits per heavy atom. The molecule has 7 aromatic carbocycles. The molecule has 0 radical (unpaired) electrons. The van der Waals surface area contributed by atoms with Crippen molar-refractivity contribution in [1.82, 2.24) is 9.13 Å². The summed E-state index contributed by atoms with van der Waals surface area (Å²) in [6, 6.07) is 53.3. The molecule has 2 aromatic heterocycles. The fraction of sp³-hybridized carbons (Fsp3) is 0. The Kier molecular flexibility index (Phi) is 6.56. The topological polar surface area (TPSA) is 42.4 Å². The number of fused-ring (bicyclic) bond motifs is 6. The summed E-state index contributed by atoms with van der Waals surface area (Å²) in [4.78, 5) is 7.64. The highest BCUT2D eigenvalue weighted by Gasteiger charge is 2.19. The monoisotopic (exact) mass is 635 g/mol. The summed E-state index contributed by atoms with van der Waals surface area (Å²) in [5, 5.41) is 14.5. The van der Waals surface area contributed by atoms with Gasteiger partial charge in [-0.1, -0.05) is 103 Å². The molecule has 5 heteroatoms. The standard InChI is InChI=1S/C45H25N5/c1-47-33-22-23-44-39(27-33)38-12-5-8-17-43(38)50(44)45-35(13-9-14-40(45)48-2)31-20-18-30(19-21-31)32-24-29(28-46)25-34(26-32)49-41-15-6-3-10-36(41)37-11-4-7-16-42(37)49/h3-27H. The average Bonchev–Trinajstić information content (AvgIpc) is 3.70. The molecule has 0 aliphatic carbocycles. The molecule has 50 heavy (non-hydrogen) atoms. The summed E-state index contributed by atoms with van der Waals surface area (Å²) in [5.41, 5.74) is 11.4. The second-order valence-corrected chi connectivity index (χ2v) is 12.3. The van der Waals surface area contributed by atoms with Crippen molar-refractivity contribution in [3.05, 3.63) is 180 Å². The Bertz CT molecular complexity index is 2900. The van der Waals surface area contributed by atoms with Crippen LogP contribution in [0.1, 0.15) is 5.56 Å². The van der Waals surface area contributed by atoms with Gasteiger partial charge in [-0.15, -0.1) is 0 Å². The third-order valence-electron chi connectivity index (χ3n) is 9.56. The zero-order valence-corrected chi connectivity index (χ0v) is 26.7. The third kappa shape index (κ3) is 4.38. The molecular weight excluding hydrogens is 611 g/mol. The van der Waals surface area contributed by atoms with Crippen LogP contribution in [0, 0.1) is 24.5 Å². The molecule has 2 heterocycles. The highest BCUT2D eigenvalue weighted by atomic mass is 15.0. The molecule has 9 aromatic rings. The third-order valence-corrected chi connectivity index (χ3v) is 9.56. The van der Waals surface area contributed by atoms with E-state index in [2.05, 4.69) is 110 Å². The molecule has 0 saturated heterocycles. The Morgan fingerprint density at radius 2 is 1.08 bits per heavy atom. The summed E-state index contributed by atoms with van der Waals surface area (Å²) >= 11 is 0. The fourth-order valence-electron chi connectivity index (χ4n) is 7.38. The molecular formula is C45H25N5. The Morgan fingerprint density at radius 3 is 1.72 bits per heavy atom. The Balaban J connectivity index is 1.20. The summed E-state index contributed by atoms with van der Waals surface area (Å²) in [6.07, 6.45) is 0. The van der Waals surface area contributed by atoms with Gasteiger partial charge in [-0.2, -0.15) is 5.26 Å². The Labute approximate surface area is 288 Å². The van der Waals surface area contributed by atoms with Crippen LogP contribution in [0.15, 0.2) is 152 Å². The summed E-state index contributed by atoms with van der Waals surface area (Å²) in [5.74, 6) is 0. The molecule has 0 bridgehead atoms. The van der Waals surface area contributed by atoms with Crippen LogP contribution in [0.4, 0.5) is 11.4 Å². The molecule has 0 N–H and O–H groups in total. The van der Waals surface area contributed by atoms with Crippen molar-refractivity contribution in [3.63, 3.8) is 0 Å². The molecule has 0 spiro atoms. The predicted octanol–water partition coefficient (Wildman–Crippen LogP) is 12.2. The van der Waals surface area contributed by atoms with Gasteiger partial charge in [0.25, 0.3) is 0 Å². The summed E-state index contributed by atoms with van der Waals surface area (Å²) in [7, 11) is 0. The maximum absolute atomic E-state index is 10.1. The number of hydrogen-bond acceptors (Lipinski definition) is 1. The number of rotatable bonds is 4. The average molecular weight is 636 g/mol. The molecule has 0 unspecified atom stereocenters. The zero-order valence-electron chi connectivity index (χ0n) is 26.7. The number of para-hydroxylation sites is 4. The maximum Gasteiger partial charge on any atom is 0.211 e. The van der Waals surface area contributed by atoms with Crippen molar-refractivity contribution in [2.45, 2.75) is 0 Å². The van der Waals surface area contributed by atoms with Crippen LogP contribution in [0.3, 0.4) is 0 Å². The number of aromatic nitrogens is 2. The first-order valence-corrected chi connectivity index (χ1v) is 16.2. The van der Waals surface area contributed by atoms with Gasteiger partial charge in [0.05, 0.1) is 52.5 Å². The largest absolute Gasteiger partial charge is 0.318 e. The number of nitriles is 1. The van der Waals surface area contributed by atoms with E-state index in [0.29, 0.717) is 16.9 Å². The quantitative estimate of drug-likeness (QED) is 0.177. The van der Waals surface area contributed by atoms with E-state index in [1.54, 1.807) is 0 Å². The van der Waals surface area contributed by atoms with E-state index < -0.39 is 0 Å². The van der Waals surface area contributed by atoms with Gasteiger partial charge in [0.15, 0.2) is 5.69 Å². The van der Waals surface area contributed by atoms with Gasteiger partial charge in [0.2, 0.25) is 5.69 Å². The molecule has 230 valence electrons. The van der Waals surface area contributed by atoms with Gasteiger partial charge in [-0.25, -0.2) is 9.69 Å². The van der Waals surface area contributed by atoms with E-state index in [-0.39, 0.29) is 0 Å². The summed E-state index contributed by atoms with van der Waals surface area (Å²) in [6.45, 7) is 15.7. The molecule has 9 rings (SSSR count). The minimum absolute atomic E-state index is 0.543. The van der Waals surface area contributed by atoms with E-state index in [1.807, 2.05) is 66.7 Å². The fourth-order valence-corrected chi connectivity index (χ4v) is 7.38. The second-order valence-electron chi connectivity index (χ2n) is 12.3. The molecule has 0 aliphatic rings. The molecule has 0 fully saturated rings. The zero-order chi connectivity index (χ0) is 33.8. The van der Waals surface area contributed by atoms with E-state index in [0.717, 1.165) is 66.5 Å². The van der Waals surface area contributed by atoms with Gasteiger partial charge >= 0.3 is 0 Å². The highest BCUT2D eigenvalue weighted by molar-refractivity contribution is 6.12. The van der Waals surface area contributed by atoms with E-state index in [1.165, 1.54) is 10.8 Å². The van der Waals surface area contributed by atoms with Crippen LogP contribution >= 0.6 is 0 Å². The van der Waals surface area contributed by atoms with E-state index >= 15 is 0 Å². The molecule has 0 amide bonds. The van der Waals surface area contributed by atoms with Gasteiger partial charge < -0.3 is 9.13 Å². The molecule has 5 nitrogen and oxygen atoms in total. The maximum atomic E-state index is 10.1. The van der Waals surface area contributed by atoms with Crippen molar-refractivity contribution in [2.75, 3.05) is 0 Å². The number of hydrogen-bond donors (Lipinski definition) is 0.